The summed E-state index contributed by atoms with van der Waals surface area (Å²) in [6, 6.07) is 12.2. The molecule has 5 rings (SSSR count). The first-order valence-electron chi connectivity index (χ1n) is 13.1. The molecule has 3 aromatic rings. The third-order valence-corrected chi connectivity index (χ3v) is 8.37. The molecule has 0 saturated heterocycles. The Morgan fingerprint density at radius 1 is 1.20 bits per heavy atom. The summed E-state index contributed by atoms with van der Waals surface area (Å²) in [6.07, 6.45) is 1.57. The fourth-order valence-electron chi connectivity index (χ4n) is 5.67. The van der Waals surface area contributed by atoms with Crippen molar-refractivity contribution >= 4 is 17.5 Å². The average Bonchev–Trinajstić information content (AvgIpc) is 3.24. The van der Waals surface area contributed by atoms with E-state index in [0.717, 1.165) is 36.6 Å². The zero-order chi connectivity index (χ0) is 29.7. The lowest BCUT2D eigenvalue weighted by atomic mass is 9.71. The number of ether oxygens (including phenoxy) is 2. The van der Waals surface area contributed by atoms with E-state index in [1.807, 2.05) is 30.3 Å². The SMILES string of the molecule is CC(C)(O)C1CC(NCC2(c3ccccc3)Cc3c(cc(F)c(Cl)c3-c3c(C(N)=O)ccc(OC(F)F)c3F)O2)C1. The Hall–Kier alpha value is -3.34. The number of nitrogens with two attached hydrogens (primary N) is 1. The second-order valence-electron chi connectivity index (χ2n) is 11.1. The molecule has 1 aliphatic heterocycles. The molecular weight excluding hydrogens is 564 g/mol. The summed E-state index contributed by atoms with van der Waals surface area (Å²) in [5.74, 6) is -4.02. The zero-order valence-electron chi connectivity index (χ0n) is 22.3. The number of primary amides is 1. The molecule has 6 nitrogen and oxygen atoms in total. The Morgan fingerprint density at radius 3 is 2.49 bits per heavy atom. The van der Waals surface area contributed by atoms with Gasteiger partial charge >= 0.3 is 6.61 Å². The summed E-state index contributed by atoms with van der Waals surface area (Å²) in [7, 11) is 0. The Morgan fingerprint density at radius 2 is 1.88 bits per heavy atom. The van der Waals surface area contributed by atoms with E-state index in [9.17, 15) is 18.7 Å². The van der Waals surface area contributed by atoms with Crippen LogP contribution >= 0.6 is 11.6 Å². The number of aliphatic hydroxyl groups is 1. The van der Waals surface area contributed by atoms with E-state index >= 15 is 8.78 Å². The fourth-order valence-corrected chi connectivity index (χ4v) is 5.93. The molecule has 11 heteroatoms. The minimum absolute atomic E-state index is 0.0607. The van der Waals surface area contributed by atoms with E-state index in [0.29, 0.717) is 0 Å². The monoisotopic (exact) mass is 592 g/mol. The highest BCUT2D eigenvalue weighted by Gasteiger charge is 2.46. The molecule has 0 bridgehead atoms. The number of alkyl halides is 2. The van der Waals surface area contributed by atoms with Crippen LogP contribution in [0.15, 0.2) is 48.5 Å². The second kappa shape index (κ2) is 10.8. The Labute approximate surface area is 239 Å². The van der Waals surface area contributed by atoms with Crippen molar-refractivity contribution in [2.45, 2.75) is 57.0 Å². The topological polar surface area (TPSA) is 93.8 Å². The van der Waals surface area contributed by atoms with Crippen LogP contribution in [-0.2, 0) is 12.0 Å². The van der Waals surface area contributed by atoms with Crippen LogP contribution < -0.4 is 20.5 Å². The standard InChI is InChI=1S/C30H29ClF4N2O4/c1-29(2,39)16-10-17(11-16)37-14-30(15-6-4-3-5-7-15)13-19-22(41-30)12-20(32)25(31)23(19)24-18(27(36)38)8-9-21(26(24)33)40-28(34)35/h3-9,12,16-17,28,37,39H,10-11,13-14H2,1-2H3,(H2,36,38). The van der Waals surface area contributed by atoms with Gasteiger partial charge in [0.1, 0.15) is 11.6 Å². The number of fused-ring (bicyclic) bond motifs is 1. The van der Waals surface area contributed by atoms with Gasteiger partial charge in [0.25, 0.3) is 0 Å². The summed E-state index contributed by atoms with van der Waals surface area (Å²) in [4.78, 5) is 12.3. The third-order valence-electron chi connectivity index (χ3n) is 8.01. The molecule has 218 valence electrons. The van der Waals surface area contributed by atoms with Crippen LogP contribution in [-0.4, -0.2) is 35.8 Å². The maximum atomic E-state index is 15.8. The molecule has 0 spiro atoms. The minimum Gasteiger partial charge on any atom is -0.480 e. The van der Waals surface area contributed by atoms with Gasteiger partial charge in [-0.1, -0.05) is 41.9 Å². The van der Waals surface area contributed by atoms with Crippen molar-refractivity contribution in [3.05, 3.63) is 81.9 Å². The summed E-state index contributed by atoms with van der Waals surface area (Å²) in [6.45, 7) is 0.467. The average molecular weight is 593 g/mol. The normalized spacial score (nSPS) is 21.8. The van der Waals surface area contributed by atoms with E-state index in [4.69, 9.17) is 22.1 Å². The van der Waals surface area contributed by atoms with Crippen LogP contribution in [0.2, 0.25) is 5.02 Å². The highest BCUT2D eigenvalue weighted by Crippen LogP contribution is 2.51. The lowest BCUT2D eigenvalue weighted by Gasteiger charge is -2.44. The van der Waals surface area contributed by atoms with Gasteiger partial charge in [-0.25, -0.2) is 8.78 Å². The molecule has 0 aromatic heterocycles. The number of carbonyl (C=O) groups excluding carboxylic acids is 1. The molecule has 41 heavy (non-hydrogen) atoms. The number of benzene rings is 3. The van der Waals surface area contributed by atoms with Crippen LogP contribution in [0.25, 0.3) is 11.1 Å². The molecule has 0 radical (unpaired) electrons. The number of halogens is 5. The number of hydrogen-bond donors (Lipinski definition) is 3. The van der Waals surface area contributed by atoms with Crippen molar-refractivity contribution in [2.75, 3.05) is 6.54 Å². The molecule has 1 aliphatic carbocycles. The number of hydrogen-bond acceptors (Lipinski definition) is 5. The third kappa shape index (κ3) is 5.48. The molecule has 4 N–H and O–H groups in total. The van der Waals surface area contributed by atoms with Gasteiger partial charge in [0.15, 0.2) is 17.2 Å². The number of nitrogens with one attached hydrogen (secondary N) is 1. The van der Waals surface area contributed by atoms with E-state index in [1.54, 1.807) is 13.8 Å². The fraction of sp³-hybridized carbons (Fsp3) is 0.367. The zero-order valence-corrected chi connectivity index (χ0v) is 23.1. The Bertz CT molecular complexity index is 1480. The predicted molar refractivity (Wildman–Crippen MR) is 145 cm³/mol. The van der Waals surface area contributed by atoms with Crippen molar-refractivity contribution < 1.29 is 36.9 Å². The molecule has 1 heterocycles. The molecule has 3 aromatic carbocycles. The van der Waals surface area contributed by atoms with Crippen molar-refractivity contribution in [2.24, 2.45) is 11.7 Å². The number of carbonyl (C=O) groups is 1. The molecule has 1 atom stereocenters. The number of rotatable bonds is 9. The van der Waals surface area contributed by atoms with Crippen LogP contribution in [0.5, 0.6) is 11.5 Å². The molecule has 2 aliphatic rings. The van der Waals surface area contributed by atoms with Crippen LogP contribution in [0.1, 0.15) is 48.2 Å². The van der Waals surface area contributed by atoms with Gasteiger partial charge in [0.05, 0.1) is 16.2 Å². The maximum absolute atomic E-state index is 15.8. The van der Waals surface area contributed by atoms with Crippen LogP contribution in [0, 0.1) is 17.6 Å². The van der Waals surface area contributed by atoms with Gasteiger partial charge in [-0.15, -0.1) is 0 Å². The van der Waals surface area contributed by atoms with Crippen molar-refractivity contribution in [1.82, 2.24) is 5.32 Å². The smallest absolute Gasteiger partial charge is 0.387 e. The molecule has 1 unspecified atom stereocenters. The maximum Gasteiger partial charge on any atom is 0.387 e. The van der Waals surface area contributed by atoms with E-state index in [-0.39, 0.29) is 47.4 Å². The second-order valence-corrected chi connectivity index (χ2v) is 11.5. The van der Waals surface area contributed by atoms with Gasteiger partial charge in [-0.3, -0.25) is 4.79 Å². The van der Waals surface area contributed by atoms with Gasteiger partial charge in [-0.05, 0) is 50.3 Å². The Kier molecular flexibility index (Phi) is 7.69. The first kappa shape index (κ1) is 29.2. The molecule has 1 fully saturated rings. The summed E-state index contributed by atoms with van der Waals surface area (Å²) in [5.41, 5.74) is 3.47. The van der Waals surface area contributed by atoms with Gasteiger partial charge in [-0.2, -0.15) is 8.78 Å². The summed E-state index contributed by atoms with van der Waals surface area (Å²) in [5, 5.41) is 13.3. The van der Waals surface area contributed by atoms with E-state index < -0.39 is 51.7 Å². The van der Waals surface area contributed by atoms with Crippen molar-refractivity contribution in [3.63, 3.8) is 0 Å². The van der Waals surface area contributed by atoms with E-state index in [2.05, 4.69) is 10.1 Å². The first-order chi connectivity index (χ1) is 19.3. The largest absolute Gasteiger partial charge is 0.480 e. The van der Waals surface area contributed by atoms with Crippen molar-refractivity contribution in [1.29, 1.82) is 0 Å². The van der Waals surface area contributed by atoms with Crippen molar-refractivity contribution in [3.8, 4) is 22.6 Å². The van der Waals surface area contributed by atoms with Crippen LogP contribution in [0.4, 0.5) is 17.6 Å². The van der Waals surface area contributed by atoms with Gasteiger partial charge in [0.2, 0.25) is 5.91 Å². The highest BCUT2D eigenvalue weighted by molar-refractivity contribution is 6.34. The minimum atomic E-state index is -3.35. The highest BCUT2D eigenvalue weighted by atomic mass is 35.5. The summed E-state index contributed by atoms with van der Waals surface area (Å²) >= 11 is 6.40. The lowest BCUT2D eigenvalue weighted by molar-refractivity contribution is -0.0521. The van der Waals surface area contributed by atoms with Gasteiger partial charge < -0.3 is 25.6 Å². The lowest BCUT2D eigenvalue weighted by Crippen LogP contribution is -2.53. The molecule has 1 amide bonds. The summed E-state index contributed by atoms with van der Waals surface area (Å²) < 4.78 is 67.7. The Balaban J connectivity index is 1.60. The van der Waals surface area contributed by atoms with Gasteiger partial charge in [0, 0.05) is 41.8 Å². The van der Waals surface area contributed by atoms with E-state index in [1.165, 1.54) is 0 Å². The molecule has 1 saturated carbocycles. The molecular formula is C30H29ClF4N2O4. The first-order valence-corrected chi connectivity index (χ1v) is 13.5. The number of amides is 1. The van der Waals surface area contributed by atoms with Crippen LogP contribution in [0.3, 0.4) is 0 Å². The quantitative estimate of drug-likeness (QED) is 0.267. The predicted octanol–water partition coefficient (Wildman–Crippen LogP) is 5.96.